The molecule has 1 rings (SSSR count). The third-order valence-corrected chi connectivity index (χ3v) is 1.37. The molecule has 0 saturated heterocycles. The first-order valence-electron chi connectivity index (χ1n) is 3.44. The van der Waals surface area contributed by atoms with Crippen molar-refractivity contribution in [1.29, 1.82) is 0 Å². The van der Waals surface area contributed by atoms with Crippen LogP contribution in [0.25, 0.3) is 0 Å². The summed E-state index contributed by atoms with van der Waals surface area (Å²) in [6, 6.07) is 2.97. The zero-order valence-corrected chi connectivity index (χ0v) is 6.33. The molecule has 1 aromatic heterocycles. The maximum atomic E-state index is 12.1. The van der Waals surface area contributed by atoms with Crippen LogP contribution in [0.5, 0.6) is 0 Å². The summed E-state index contributed by atoms with van der Waals surface area (Å²) in [5, 5.41) is 8.40. The summed E-state index contributed by atoms with van der Waals surface area (Å²) in [6.45, 7) is -0.588. The molecule has 12 heavy (non-hydrogen) atoms. The van der Waals surface area contributed by atoms with Crippen molar-refractivity contribution in [2.24, 2.45) is 0 Å². The molecule has 3 nitrogen and oxygen atoms in total. The maximum absolute atomic E-state index is 12.1. The average molecular weight is 169 g/mol. The molecule has 1 aromatic rings. The fourth-order valence-electron chi connectivity index (χ4n) is 0.863. The van der Waals surface area contributed by atoms with Gasteiger partial charge in [-0.25, -0.2) is 4.39 Å². The van der Waals surface area contributed by atoms with Gasteiger partial charge in [-0.15, -0.1) is 0 Å². The van der Waals surface area contributed by atoms with Crippen LogP contribution in [0, 0.1) is 0 Å². The molecule has 0 aliphatic rings. The Morgan fingerprint density at radius 3 is 3.00 bits per heavy atom. The van der Waals surface area contributed by atoms with Crippen LogP contribution in [0.1, 0.15) is 11.3 Å². The van der Waals surface area contributed by atoms with E-state index < -0.39 is 12.6 Å². The molecule has 64 valence electrons. The van der Waals surface area contributed by atoms with Gasteiger partial charge in [-0.2, -0.15) is 0 Å². The van der Waals surface area contributed by atoms with Gasteiger partial charge in [0.25, 0.3) is 0 Å². The normalized spacial score (nSPS) is 9.75. The summed E-state index contributed by atoms with van der Waals surface area (Å²) < 4.78 is 12.1. The minimum Gasteiger partial charge on any atom is -0.481 e. The Morgan fingerprint density at radius 1 is 1.67 bits per heavy atom. The second kappa shape index (κ2) is 3.80. The second-order valence-electron chi connectivity index (χ2n) is 2.36. The predicted molar refractivity (Wildman–Crippen MR) is 40.4 cm³/mol. The Balaban J connectivity index is 2.79. The van der Waals surface area contributed by atoms with E-state index in [0.717, 1.165) is 0 Å². The molecule has 0 aliphatic heterocycles. The van der Waals surface area contributed by atoms with E-state index in [0.29, 0.717) is 11.3 Å². The van der Waals surface area contributed by atoms with Crippen molar-refractivity contribution >= 4 is 5.97 Å². The highest BCUT2D eigenvalue weighted by atomic mass is 19.1. The molecular weight excluding hydrogens is 161 g/mol. The molecule has 0 unspecified atom stereocenters. The first-order chi connectivity index (χ1) is 5.72. The topological polar surface area (TPSA) is 50.2 Å². The molecule has 0 amide bonds. The highest BCUT2D eigenvalue weighted by molar-refractivity contribution is 5.69. The van der Waals surface area contributed by atoms with Crippen molar-refractivity contribution in [1.82, 2.24) is 4.98 Å². The molecule has 0 atom stereocenters. The number of hydrogen-bond donors (Lipinski definition) is 1. The Kier molecular flexibility index (Phi) is 2.74. The first-order valence-corrected chi connectivity index (χ1v) is 3.44. The van der Waals surface area contributed by atoms with Crippen molar-refractivity contribution in [3.05, 3.63) is 29.6 Å². The second-order valence-corrected chi connectivity index (χ2v) is 2.36. The molecule has 1 heterocycles. The fraction of sp³-hybridized carbons (Fsp3) is 0.250. The Bertz CT molecular complexity index is 288. The summed E-state index contributed by atoms with van der Waals surface area (Å²) in [5.74, 6) is -0.960. The fourth-order valence-corrected chi connectivity index (χ4v) is 0.863. The maximum Gasteiger partial charge on any atom is 0.309 e. The summed E-state index contributed by atoms with van der Waals surface area (Å²) in [7, 11) is 0. The molecule has 1 N–H and O–H groups in total. The number of hydrogen-bond acceptors (Lipinski definition) is 2. The summed E-state index contributed by atoms with van der Waals surface area (Å²) in [5.41, 5.74) is 0.846. The molecule has 0 spiro atoms. The van der Waals surface area contributed by atoms with Gasteiger partial charge in [0, 0.05) is 6.20 Å². The lowest BCUT2D eigenvalue weighted by molar-refractivity contribution is -0.136. The van der Waals surface area contributed by atoms with Crippen molar-refractivity contribution in [2.75, 3.05) is 0 Å². The van der Waals surface area contributed by atoms with E-state index in [1.54, 1.807) is 0 Å². The Hall–Kier alpha value is -1.45. The van der Waals surface area contributed by atoms with Crippen LogP contribution >= 0.6 is 0 Å². The Morgan fingerprint density at radius 2 is 2.42 bits per heavy atom. The van der Waals surface area contributed by atoms with Crippen LogP contribution in [-0.4, -0.2) is 16.1 Å². The molecular formula is C8H8FNO2. The molecule has 0 aromatic carbocycles. The number of nitrogens with zero attached hydrogens (tertiary/aromatic N) is 1. The summed E-state index contributed by atoms with van der Waals surface area (Å²) in [4.78, 5) is 14.0. The van der Waals surface area contributed by atoms with E-state index in [2.05, 4.69) is 4.98 Å². The van der Waals surface area contributed by atoms with Gasteiger partial charge in [0.1, 0.15) is 6.67 Å². The summed E-state index contributed by atoms with van der Waals surface area (Å²) >= 11 is 0. The van der Waals surface area contributed by atoms with Gasteiger partial charge in [-0.1, -0.05) is 0 Å². The number of halogens is 1. The smallest absolute Gasteiger partial charge is 0.309 e. The minimum absolute atomic E-state index is 0.159. The van der Waals surface area contributed by atoms with Gasteiger partial charge >= 0.3 is 5.97 Å². The van der Waals surface area contributed by atoms with Crippen molar-refractivity contribution in [3.63, 3.8) is 0 Å². The third-order valence-electron chi connectivity index (χ3n) is 1.37. The lowest BCUT2D eigenvalue weighted by Crippen LogP contribution is -2.02. The quantitative estimate of drug-likeness (QED) is 0.739. The van der Waals surface area contributed by atoms with Gasteiger partial charge < -0.3 is 5.11 Å². The van der Waals surface area contributed by atoms with Crippen molar-refractivity contribution in [2.45, 2.75) is 13.1 Å². The number of rotatable bonds is 3. The number of aromatic nitrogens is 1. The molecule has 0 bridgehead atoms. The van der Waals surface area contributed by atoms with Crippen LogP contribution in [0.4, 0.5) is 4.39 Å². The lowest BCUT2D eigenvalue weighted by atomic mass is 10.2. The SMILES string of the molecule is O=C(O)Cc1cc(CF)ccn1. The van der Waals surface area contributed by atoms with Crippen LogP contribution in [0.2, 0.25) is 0 Å². The van der Waals surface area contributed by atoms with E-state index in [1.807, 2.05) is 0 Å². The molecule has 0 radical (unpaired) electrons. The van der Waals surface area contributed by atoms with Crippen molar-refractivity contribution in [3.8, 4) is 0 Å². The number of pyridine rings is 1. The van der Waals surface area contributed by atoms with Crippen LogP contribution in [0.15, 0.2) is 18.3 Å². The number of carbonyl (C=O) groups is 1. The van der Waals surface area contributed by atoms with E-state index in [4.69, 9.17) is 5.11 Å². The molecule has 4 heteroatoms. The van der Waals surface area contributed by atoms with Gasteiger partial charge in [-0.05, 0) is 17.7 Å². The van der Waals surface area contributed by atoms with Gasteiger partial charge in [0.15, 0.2) is 0 Å². The predicted octanol–water partition coefficient (Wildman–Crippen LogP) is 1.18. The highest BCUT2D eigenvalue weighted by Gasteiger charge is 2.01. The number of carboxylic acid groups (broad SMARTS) is 1. The van der Waals surface area contributed by atoms with Crippen LogP contribution < -0.4 is 0 Å². The van der Waals surface area contributed by atoms with E-state index in [-0.39, 0.29) is 6.42 Å². The zero-order valence-electron chi connectivity index (χ0n) is 6.33. The van der Waals surface area contributed by atoms with E-state index in [9.17, 15) is 9.18 Å². The summed E-state index contributed by atoms with van der Waals surface area (Å²) in [6.07, 6.45) is 1.25. The number of aliphatic carboxylic acids is 1. The molecule has 0 saturated carbocycles. The Labute approximate surface area is 68.9 Å². The lowest BCUT2D eigenvalue weighted by Gasteiger charge is -1.97. The number of carboxylic acids is 1. The van der Waals surface area contributed by atoms with Crippen LogP contribution in [0.3, 0.4) is 0 Å². The van der Waals surface area contributed by atoms with Gasteiger partial charge in [-0.3, -0.25) is 9.78 Å². The van der Waals surface area contributed by atoms with Gasteiger partial charge in [0.05, 0.1) is 12.1 Å². The monoisotopic (exact) mass is 169 g/mol. The number of alkyl halides is 1. The molecule has 0 aliphatic carbocycles. The molecule has 0 fully saturated rings. The van der Waals surface area contributed by atoms with Crippen LogP contribution in [-0.2, 0) is 17.9 Å². The highest BCUT2D eigenvalue weighted by Crippen LogP contribution is 2.03. The van der Waals surface area contributed by atoms with E-state index >= 15 is 0 Å². The largest absolute Gasteiger partial charge is 0.481 e. The van der Waals surface area contributed by atoms with Crippen molar-refractivity contribution < 1.29 is 14.3 Å². The minimum atomic E-state index is -0.960. The first kappa shape index (κ1) is 8.64. The standard InChI is InChI=1S/C8H8FNO2/c9-5-6-1-2-10-7(3-6)4-8(11)12/h1-3H,4-5H2,(H,11,12). The van der Waals surface area contributed by atoms with E-state index in [1.165, 1.54) is 18.3 Å². The average Bonchev–Trinajstić information content (AvgIpc) is 2.03. The van der Waals surface area contributed by atoms with Gasteiger partial charge in [0.2, 0.25) is 0 Å². The third kappa shape index (κ3) is 2.30. The zero-order chi connectivity index (χ0) is 8.97.